The van der Waals surface area contributed by atoms with Gasteiger partial charge in [-0.1, -0.05) is 99.7 Å². The largest absolute Gasteiger partial charge is 0.480 e. The van der Waals surface area contributed by atoms with Crippen LogP contribution < -0.4 is 14.8 Å². The van der Waals surface area contributed by atoms with Crippen molar-refractivity contribution in [3.05, 3.63) is 96.7 Å². The summed E-state index contributed by atoms with van der Waals surface area (Å²) in [5.74, 6) is -2.39. The van der Waals surface area contributed by atoms with Gasteiger partial charge in [-0.2, -0.15) is 0 Å². The van der Waals surface area contributed by atoms with E-state index in [0.717, 1.165) is 38.5 Å². The molecule has 1 rings (SSSR count). The molecule has 0 heterocycles. The van der Waals surface area contributed by atoms with Crippen molar-refractivity contribution in [2.75, 3.05) is 0 Å². The number of amides is 1. The van der Waals surface area contributed by atoms with Crippen molar-refractivity contribution in [2.24, 2.45) is 0 Å². The highest BCUT2D eigenvalue weighted by Crippen LogP contribution is 2.30. The molecule has 47 heavy (non-hydrogen) atoms. The maximum Gasteiger partial charge on any atom is 0.326 e. The van der Waals surface area contributed by atoms with E-state index in [4.69, 9.17) is 9.47 Å². The molecule has 256 valence electrons. The molecule has 0 aliphatic carbocycles. The lowest BCUT2D eigenvalue weighted by Crippen LogP contribution is -2.42. The lowest BCUT2D eigenvalue weighted by Gasteiger charge is -2.16. The number of carbonyl (C=O) groups is 4. The highest BCUT2D eigenvalue weighted by molar-refractivity contribution is 5.84. The molecular weight excluding hydrogens is 594 g/mol. The Hall–Kier alpha value is -4.46. The van der Waals surface area contributed by atoms with Gasteiger partial charge in [0.05, 0.1) is 0 Å². The molecule has 8 heteroatoms. The van der Waals surface area contributed by atoms with Gasteiger partial charge in [-0.25, -0.2) is 4.79 Å². The summed E-state index contributed by atoms with van der Waals surface area (Å²) in [4.78, 5) is 48.6. The van der Waals surface area contributed by atoms with Gasteiger partial charge in [0, 0.05) is 25.7 Å². The zero-order chi connectivity index (χ0) is 34.5. The fourth-order valence-electron chi connectivity index (χ4n) is 4.16. The molecule has 0 aliphatic rings. The highest BCUT2D eigenvalue weighted by Gasteiger charge is 2.22. The second-order valence-corrected chi connectivity index (χ2v) is 10.8. The summed E-state index contributed by atoms with van der Waals surface area (Å²) in [7, 11) is 0. The Morgan fingerprint density at radius 3 is 1.60 bits per heavy atom. The zero-order valence-electron chi connectivity index (χ0n) is 28.3. The topological polar surface area (TPSA) is 119 Å². The first-order valence-corrected chi connectivity index (χ1v) is 16.8. The van der Waals surface area contributed by atoms with Crippen molar-refractivity contribution in [1.82, 2.24) is 5.32 Å². The van der Waals surface area contributed by atoms with E-state index < -0.39 is 23.9 Å². The SMILES string of the molecule is CC/C=C\C/C=C\C/C=C\C/C=C\C/C=C\C/C=C\CCC(=O)NC(Cc1ccc(OC(=O)CCC)c(OC(=O)CCC)c1)C(=O)O. The Kier molecular flexibility index (Phi) is 23.1. The molecule has 0 radical (unpaired) electrons. The number of allylic oxidation sites excluding steroid dienone is 12. The minimum Gasteiger partial charge on any atom is -0.480 e. The predicted octanol–water partition coefficient (Wildman–Crippen LogP) is 8.69. The van der Waals surface area contributed by atoms with Gasteiger partial charge in [-0.3, -0.25) is 14.4 Å². The van der Waals surface area contributed by atoms with Crippen LogP contribution in [0.15, 0.2) is 91.1 Å². The van der Waals surface area contributed by atoms with E-state index in [1.807, 2.05) is 26.0 Å². The Labute approximate surface area is 281 Å². The fraction of sp³-hybridized carbons (Fsp3) is 0.436. The van der Waals surface area contributed by atoms with E-state index in [1.54, 1.807) is 6.07 Å². The predicted molar refractivity (Wildman–Crippen MR) is 188 cm³/mol. The first-order chi connectivity index (χ1) is 22.8. The number of hydrogen-bond donors (Lipinski definition) is 2. The van der Waals surface area contributed by atoms with Gasteiger partial charge in [0.2, 0.25) is 5.91 Å². The molecule has 1 unspecified atom stereocenters. The minimum absolute atomic E-state index is 0.0392. The van der Waals surface area contributed by atoms with Gasteiger partial charge in [-0.05, 0) is 75.5 Å². The molecule has 0 saturated carbocycles. The summed E-state index contributed by atoms with van der Waals surface area (Å²) in [5, 5.41) is 12.3. The van der Waals surface area contributed by atoms with Crippen LogP contribution in [0, 0.1) is 0 Å². The number of hydrogen-bond acceptors (Lipinski definition) is 6. The number of benzene rings is 1. The average molecular weight is 648 g/mol. The van der Waals surface area contributed by atoms with Crippen molar-refractivity contribution >= 4 is 23.8 Å². The van der Waals surface area contributed by atoms with Crippen LogP contribution in [0.3, 0.4) is 0 Å². The Morgan fingerprint density at radius 2 is 1.13 bits per heavy atom. The van der Waals surface area contributed by atoms with Crippen molar-refractivity contribution in [2.45, 2.75) is 110 Å². The summed E-state index contributed by atoms with van der Waals surface area (Å²) < 4.78 is 10.7. The summed E-state index contributed by atoms with van der Waals surface area (Å²) in [5.41, 5.74) is 0.504. The van der Waals surface area contributed by atoms with Gasteiger partial charge >= 0.3 is 17.9 Å². The number of carboxylic acid groups (broad SMARTS) is 1. The van der Waals surface area contributed by atoms with Crippen LogP contribution in [-0.4, -0.2) is 35.0 Å². The third-order valence-corrected chi connectivity index (χ3v) is 6.57. The average Bonchev–Trinajstić information content (AvgIpc) is 3.03. The number of carbonyl (C=O) groups excluding carboxylic acids is 3. The van der Waals surface area contributed by atoms with Crippen molar-refractivity contribution in [1.29, 1.82) is 0 Å². The molecule has 8 nitrogen and oxygen atoms in total. The monoisotopic (exact) mass is 647 g/mol. The second kappa shape index (κ2) is 26.7. The minimum atomic E-state index is -1.18. The van der Waals surface area contributed by atoms with Crippen LogP contribution in [0.2, 0.25) is 0 Å². The van der Waals surface area contributed by atoms with E-state index in [9.17, 15) is 24.3 Å². The Morgan fingerprint density at radius 1 is 0.660 bits per heavy atom. The summed E-state index contributed by atoms with van der Waals surface area (Å²) in [6, 6.07) is 3.35. The van der Waals surface area contributed by atoms with E-state index in [0.29, 0.717) is 24.8 Å². The van der Waals surface area contributed by atoms with Crippen LogP contribution >= 0.6 is 0 Å². The maximum atomic E-state index is 12.5. The first-order valence-electron chi connectivity index (χ1n) is 16.8. The van der Waals surface area contributed by atoms with Crippen LogP contribution in [-0.2, 0) is 25.6 Å². The smallest absolute Gasteiger partial charge is 0.326 e. The standard InChI is InChI=1S/C39H53NO7/c1-4-7-8-9-10-11-12-13-14-15-16-17-18-19-20-21-22-23-24-27-36(41)40-33(39(44)45)30-32-28-29-34(46-37(42)25-5-2)35(31-32)47-38(43)26-6-3/h7-8,10-11,13-14,16-17,19-20,22-23,28-29,31,33H,4-6,9,12,15,18,21,24-27,30H2,1-3H3,(H,40,41)(H,44,45)/b8-7-,11-10-,14-13-,17-16-,20-19-,23-22-. The molecule has 0 spiro atoms. The highest BCUT2D eigenvalue weighted by atomic mass is 16.6. The second-order valence-electron chi connectivity index (χ2n) is 10.8. The summed E-state index contributed by atoms with van der Waals surface area (Å²) in [6.45, 7) is 5.81. The van der Waals surface area contributed by atoms with Crippen LogP contribution in [0.5, 0.6) is 11.5 Å². The molecule has 0 aliphatic heterocycles. The quantitative estimate of drug-likeness (QED) is 0.0654. The van der Waals surface area contributed by atoms with E-state index in [-0.39, 0.29) is 43.1 Å². The van der Waals surface area contributed by atoms with E-state index in [1.165, 1.54) is 12.1 Å². The molecule has 0 aromatic heterocycles. The van der Waals surface area contributed by atoms with Crippen molar-refractivity contribution < 1.29 is 33.8 Å². The van der Waals surface area contributed by atoms with Crippen LogP contribution in [0.25, 0.3) is 0 Å². The normalized spacial score (nSPS) is 12.7. The third kappa shape index (κ3) is 21.1. The lowest BCUT2D eigenvalue weighted by atomic mass is 10.0. The van der Waals surface area contributed by atoms with Crippen LogP contribution in [0.4, 0.5) is 0 Å². The number of ether oxygens (including phenoxy) is 2. The molecule has 0 fully saturated rings. The number of rotatable bonds is 24. The molecule has 1 aromatic rings. The van der Waals surface area contributed by atoms with Gasteiger partial charge in [0.25, 0.3) is 0 Å². The van der Waals surface area contributed by atoms with E-state index in [2.05, 4.69) is 73.0 Å². The maximum absolute atomic E-state index is 12.5. The first kappa shape index (κ1) is 40.6. The molecule has 1 atom stereocenters. The molecule has 2 N–H and O–H groups in total. The summed E-state index contributed by atoms with van der Waals surface area (Å²) >= 11 is 0. The number of esters is 2. The van der Waals surface area contributed by atoms with Gasteiger partial charge < -0.3 is 19.9 Å². The van der Waals surface area contributed by atoms with Crippen molar-refractivity contribution in [3.63, 3.8) is 0 Å². The molecule has 0 bridgehead atoms. The van der Waals surface area contributed by atoms with Gasteiger partial charge in [0.15, 0.2) is 11.5 Å². The molecular formula is C39H53NO7. The third-order valence-electron chi connectivity index (χ3n) is 6.57. The number of carboxylic acids is 1. The summed E-state index contributed by atoms with van der Waals surface area (Å²) in [6.07, 6.45) is 33.1. The molecule has 1 amide bonds. The zero-order valence-corrected chi connectivity index (χ0v) is 28.3. The molecule has 1 aromatic carbocycles. The lowest BCUT2D eigenvalue weighted by molar-refractivity contribution is -0.141. The van der Waals surface area contributed by atoms with E-state index >= 15 is 0 Å². The van der Waals surface area contributed by atoms with Gasteiger partial charge in [-0.15, -0.1) is 0 Å². The van der Waals surface area contributed by atoms with Gasteiger partial charge in [0.1, 0.15) is 6.04 Å². The Bertz CT molecular complexity index is 1270. The molecule has 0 saturated heterocycles. The Balaban J connectivity index is 2.48. The number of aliphatic carboxylic acids is 1. The number of nitrogens with one attached hydrogen (secondary N) is 1. The fourth-order valence-corrected chi connectivity index (χ4v) is 4.16. The van der Waals surface area contributed by atoms with Crippen LogP contribution in [0.1, 0.15) is 103 Å². The van der Waals surface area contributed by atoms with Crippen molar-refractivity contribution in [3.8, 4) is 11.5 Å².